The Morgan fingerprint density at radius 1 is 1.36 bits per heavy atom. The third kappa shape index (κ3) is 2.15. The molecule has 1 aliphatic carbocycles. The minimum absolute atomic E-state index is 0.188. The number of hydrogen-bond acceptors (Lipinski definition) is 2. The number of carbonyl (C=O) groups is 1. The van der Waals surface area contributed by atoms with Gasteiger partial charge in [0.05, 0.1) is 0 Å². The largest absolute Gasteiger partial charge is 0.289 e. The van der Waals surface area contributed by atoms with Crippen LogP contribution in [0.25, 0.3) is 0 Å². The average Bonchev–Trinajstić information content (AvgIpc) is 2.05. The van der Waals surface area contributed by atoms with Crippen LogP contribution < -0.4 is 5.48 Å². The molecule has 3 nitrogen and oxygen atoms in total. The van der Waals surface area contributed by atoms with E-state index in [1.165, 1.54) is 0 Å². The first-order valence-electron chi connectivity index (χ1n) is 3.82. The number of hydrogen-bond donors (Lipinski definition) is 2. The van der Waals surface area contributed by atoms with Gasteiger partial charge < -0.3 is 0 Å². The molecule has 0 atom stereocenters. The Balaban J connectivity index is 2.33. The van der Waals surface area contributed by atoms with Crippen molar-refractivity contribution >= 4 is 5.91 Å². The summed E-state index contributed by atoms with van der Waals surface area (Å²) >= 11 is 0. The zero-order valence-corrected chi connectivity index (χ0v) is 6.22. The van der Waals surface area contributed by atoms with Gasteiger partial charge in [0.25, 0.3) is 0 Å². The molecule has 0 unspecified atom stereocenters. The van der Waals surface area contributed by atoms with Crippen molar-refractivity contribution in [3.05, 3.63) is 0 Å². The highest BCUT2D eigenvalue weighted by Gasteiger charge is 2.25. The van der Waals surface area contributed by atoms with E-state index in [4.69, 9.17) is 5.21 Å². The zero-order chi connectivity index (χ0) is 8.27. The molecular formula is C7H12FNO2. The second kappa shape index (κ2) is 3.67. The van der Waals surface area contributed by atoms with E-state index in [1.807, 2.05) is 0 Å². The van der Waals surface area contributed by atoms with Crippen molar-refractivity contribution in [1.82, 2.24) is 5.48 Å². The molecular weight excluding hydrogens is 149 g/mol. The molecule has 1 rings (SSSR count). The summed E-state index contributed by atoms with van der Waals surface area (Å²) in [5.41, 5.74) is 1.59. The Bertz CT molecular complexity index is 143. The molecule has 1 saturated carbocycles. The predicted octanol–water partition coefficient (Wildman–Crippen LogP) is 1.02. The van der Waals surface area contributed by atoms with E-state index in [0.717, 1.165) is 0 Å². The molecule has 0 aromatic carbocycles. The molecule has 1 aliphatic rings. The first-order chi connectivity index (χ1) is 5.24. The lowest BCUT2D eigenvalue weighted by Crippen LogP contribution is -2.31. The molecule has 11 heavy (non-hydrogen) atoms. The summed E-state index contributed by atoms with van der Waals surface area (Å²) in [6, 6.07) is 0. The maximum Gasteiger partial charge on any atom is 0.246 e. The molecule has 0 heterocycles. The van der Waals surface area contributed by atoms with Gasteiger partial charge >= 0.3 is 0 Å². The molecule has 0 bridgehead atoms. The van der Waals surface area contributed by atoms with Crippen molar-refractivity contribution in [3.8, 4) is 0 Å². The summed E-state index contributed by atoms with van der Waals surface area (Å²) < 4.78 is 12.5. The number of rotatable bonds is 1. The predicted molar refractivity (Wildman–Crippen MR) is 36.8 cm³/mol. The Kier molecular flexibility index (Phi) is 2.82. The van der Waals surface area contributed by atoms with Crippen LogP contribution in [0.1, 0.15) is 25.7 Å². The molecule has 0 aliphatic heterocycles. The topological polar surface area (TPSA) is 49.3 Å². The van der Waals surface area contributed by atoms with Crippen molar-refractivity contribution in [3.63, 3.8) is 0 Å². The highest BCUT2D eigenvalue weighted by atomic mass is 19.1. The summed E-state index contributed by atoms with van der Waals surface area (Å²) in [4.78, 5) is 10.8. The van der Waals surface area contributed by atoms with Gasteiger partial charge in [-0.25, -0.2) is 9.87 Å². The lowest BCUT2D eigenvalue weighted by molar-refractivity contribution is -0.134. The third-order valence-electron chi connectivity index (χ3n) is 2.14. The van der Waals surface area contributed by atoms with Crippen LogP contribution in [0.15, 0.2) is 0 Å². The lowest BCUT2D eigenvalue weighted by atomic mass is 9.88. The molecule has 1 fully saturated rings. The SMILES string of the molecule is O=C(NO)C1CCC(F)CC1. The normalized spacial score (nSPS) is 31.5. The molecule has 0 saturated heterocycles. The lowest BCUT2D eigenvalue weighted by Gasteiger charge is -2.21. The highest BCUT2D eigenvalue weighted by Crippen LogP contribution is 2.25. The minimum Gasteiger partial charge on any atom is -0.289 e. The first kappa shape index (κ1) is 8.46. The van der Waals surface area contributed by atoms with Crippen LogP contribution in [-0.4, -0.2) is 17.3 Å². The number of nitrogens with one attached hydrogen (secondary N) is 1. The van der Waals surface area contributed by atoms with Crippen LogP contribution in [-0.2, 0) is 4.79 Å². The molecule has 0 spiro atoms. The van der Waals surface area contributed by atoms with E-state index < -0.39 is 6.17 Å². The van der Waals surface area contributed by atoms with Crippen molar-refractivity contribution in [2.24, 2.45) is 5.92 Å². The van der Waals surface area contributed by atoms with Crippen LogP contribution in [0.4, 0.5) is 4.39 Å². The van der Waals surface area contributed by atoms with E-state index in [9.17, 15) is 9.18 Å². The quantitative estimate of drug-likeness (QED) is 0.445. The smallest absolute Gasteiger partial charge is 0.246 e. The third-order valence-corrected chi connectivity index (χ3v) is 2.14. The van der Waals surface area contributed by atoms with Crippen molar-refractivity contribution in [2.45, 2.75) is 31.9 Å². The van der Waals surface area contributed by atoms with Gasteiger partial charge in [-0.15, -0.1) is 0 Å². The number of carbonyl (C=O) groups excluding carboxylic acids is 1. The van der Waals surface area contributed by atoms with Crippen LogP contribution in [0.2, 0.25) is 0 Å². The summed E-state index contributed by atoms with van der Waals surface area (Å²) in [7, 11) is 0. The maximum atomic E-state index is 12.5. The van der Waals surface area contributed by atoms with Gasteiger partial charge in [-0.2, -0.15) is 0 Å². The van der Waals surface area contributed by atoms with E-state index in [1.54, 1.807) is 5.48 Å². The van der Waals surface area contributed by atoms with Crippen molar-refractivity contribution < 1.29 is 14.4 Å². The van der Waals surface area contributed by atoms with Crippen LogP contribution in [0, 0.1) is 5.92 Å². The van der Waals surface area contributed by atoms with Gasteiger partial charge in [-0.1, -0.05) is 0 Å². The standard InChI is InChI=1S/C7H12FNO2/c8-6-3-1-5(2-4-6)7(10)9-11/h5-6,11H,1-4H2,(H,9,10). The first-order valence-corrected chi connectivity index (χ1v) is 3.82. The summed E-state index contributed by atoms with van der Waals surface area (Å²) in [5.74, 6) is -0.566. The molecule has 64 valence electrons. The van der Waals surface area contributed by atoms with Gasteiger partial charge in [-0.3, -0.25) is 10.0 Å². The van der Waals surface area contributed by atoms with Crippen molar-refractivity contribution in [1.29, 1.82) is 0 Å². The molecule has 0 aromatic rings. The Morgan fingerprint density at radius 3 is 2.36 bits per heavy atom. The Morgan fingerprint density at radius 2 is 1.91 bits per heavy atom. The monoisotopic (exact) mass is 161 g/mol. The highest BCUT2D eigenvalue weighted by molar-refractivity contribution is 5.77. The molecule has 1 amide bonds. The molecule has 2 N–H and O–H groups in total. The van der Waals surface area contributed by atoms with E-state index >= 15 is 0 Å². The van der Waals surface area contributed by atoms with E-state index in [0.29, 0.717) is 25.7 Å². The Labute approximate surface area is 64.5 Å². The van der Waals surface area contributed by atoms with Crippen LogP contribution in [0.3, 0.4) is 0 Å². The molecule has 4 heteroatoms. The van der Waals surface area contributed by atoms with Crippen LogP contribution >= 0.6 is 0 Å². The minimum atomic E-state index is -0.752. The zero-order valence-electron chi connectivity index (χ0n) is 6.22. The molecule has 0 radical (unpaired) electrons. The van der Waals surface area contributed by atoms with E-state index in [2.05, 4.69) is 0 Å². The average molecular weight is 161 g/mol. The maximum absolute atomic E-state index is 12.5. The van der Waals surface area contributed by atoms with Gasteiger partial charge in [0.15, 0.2) is 0 Å². The number of halogens is 1. The van der Waals surface area contributed by atoms with Gasteiger partial charge in [-0.05, 0) is 25.7 Å². The molecule has 0 aromatic heterocycles. The van der Waals surface area contributed by atoms with Gasteiger partial charge in [0.2, 0.25) is 5.91 Å². The van der Waals surface area contributed by atoms with Crippen LogP contribution in [0.5, 0.6) is 0 Å². The summed E-state index contributed by atoms with van der Waals surface area (Å²) in [6.07, 6.45) is 1.23. The summed E-state index contributed by atoms with van der Waals surface area (Å²) in [6.45, 7) is 0. The fraction of sp³-hybridized carbons (Fsp3) is 0.857. The number of hydroxylamine groups is 1. The Hall–Kier alpha value is -0.640. The fourth-order valence-corrected chi connectivity index (χ4v) is 1.41. The number of alkyl halides is 1. The fourth-order valence-electron chi connectivity index (χ4n) is 1.41. The second-order valence-corrected chi connectivity index (χ2v) is 2.92. The summed E-state index contributed by atoms with van der Waals surface area (Å²) in [5, 5.41) is 8.26. The number of amides is 1. The van der Waals surface area contributed by atoms with Crippen molar-refractivity contribution in [2.75, 3.05) is 0 Å². The second-order valence-electron chi connectivity index (χ2n) is 2.92. The van der Waals surface area contributed by atoms with E-state index in [-0.39, 0.29) is 11.8 Å². The van der Waals surface area contributed by atoms with Gasteiger partial charge in [0, 0.05) is 5.92 Å². The van der Waals surface area contributed by atoms with Gasteiger partial charge in [0.1, 0.15) is 6.17 Å².